The van der Waals surface area contributed by atoms with Gasteiger partial charge >= 0.3 is 0 Å². The second kappa shape index (κ2) is 5.17. The van der Waals surface area contributed by atoms with E-state index in [0.717, 1.165) is 5.56 Å². The largest absolute Gasteiger partial charge is 0.508 e. The normalized spacial score (nSPS) is 11.2. The predicted molar refractivity (Wildman–Crippen MR) is 81.2 cm³/mol. The van der Waals surface area contributed by atoms with E-state index in [1.165, 1.54) is 24.3 Å². The van der Waals surface area contributed by atoms with Crippen molar-refractivity contribution in [2.45, 2.75) is 0 Å². The lowest BCUT2D eigenvalue weighted by molar-refractivity contribution is 0.473. The average Bonchev–Trinajstić information content (AvgIpc) is 2.46. The van der Waals surface area contributed by atoms with Crippen molar-refractivity contribution in [2.75, 3.05) is 0 Å². The number of fused-ring (bicyclic) bond motifs is 1. The van der Waals surface area contributed by atoms with Crippen LogP contribution in [0.4, 0.5) is 0 Å². The third kappa shape index (κ3) is 2.79. The Balaban J connectivity index is 2.01. The summed E-state index contributed by atoms with van der Waals surface area (Å²) in [6, 6.07) is 12.4. The molecule has 3 rings (SSSR count). The number of rotatable bonds is 2. The van der Waals surface area contributed by atoms with Gasteiger partial charge < -0.3 is 14.6 Å². The van der Waals surface area contributed by atoms with Crippen molar-refractivity contribution in [3.05, 3.63) is 70.1 Å². The Bertz CT molecular complexity index is 873. The Labute approximate surface area is 120 Å². The Kier molecular flexibility index (Phi) is 3.20. The highest BCUT2D eigenvalue weighted by molar-refractivity contribution is 5.79. The summed E-state index contributed by atoms with van der Waals surface area (Å²) in [7, 11) is 0. The van der Waals surface area contributed by atoms with Crippen LogP contribution in [0, 0.1) is 0 Å². The van der Waals surface area contributed by atoms with Gasteiger partial charge in [-0.05, 0) is 35.9 Å². The molecular weight excluding hydrogens is 268 g/mol. The van der Waals surface area contributed by atoms with Gasteiger partial charge in [0.2, 0.25) is 0 Å². The summed E-state index contributed by atoms with van der Waals surface area (Å²) >= 11 is 0. The van der Waals surface area contributed by atoms with Gasteiger partial charge in [-0.3, -0.25) is 4.79 Å². The zero-order chi connectivity index (χ0) is 14.8. The summed E-state index contributed by atoms with van der Waals surface area (Å²) in [5.74, 6) is 0.636. The van der Waals surface area contributed by atoms with Gasteiger partial charge in [0.15, 0.2) is 5.43 Å². The number of aromatic hydroxyl groups is 2. The number of phenols is 2. The van der Waals surface area contributed by atoms with Gasteiger partial charge in [-0.15, -0.1) is 0 Å². The van der Waals surface area contributed by atoms with Gasteiger partial charge in [0.1, 0.15) is 22.8 Å². The lowest BCUT2D eigenvalue weighted by Crippen LogP contribution is -1.99. The van der Waals surface area contributed by atoms with E-state index >= 15 is 0 Å². The highest BCUT2D eigenvalue weighted by Gasteiger charge is 2.03. The van der Waals surface area contributed by atoms with Crippen LogP contribution in [0.3, 0.4) is 0 Å². The molecule has 2 N–H and O–H groups in total. The van der Waals surface area contributed by atoms with Crippen molar-refractivity contribution in [1.29, 1.82) is 0 Å². The molecular formula is C17H12O4. The van der Waals surface area contributed by atoms with Crippen LogP contribution >= 0.6 is 0 Å². The van der Waals surface area contributed by atoms with Crippen LogP contribution in [-0.2, 0) is 0 Å². The van der Waals surface area contributed by atoms with Crippen LogP contribution in [0.2, 0.25) is 0 Å². The van der Waals surface area contributed by atoms with E-state index < -0.39 is 0 Å². The van der Waals surface area contributed by atoms with Crippen LogP contribution in [0.15, 0.2) is 57.7 Å². The topological polar surface area (TPSA) is 70.7 Å². The van der Waals surface area contributed by atoms with Gasteiger partial charge in [0.25, 0.3) is 0 Å². The smallest absolute Gasteiger partial charge is 0.193 e. The van der Waals surface area contributed by atoms with E-state index in [1.807, 2.05) is 0 Å². The molecule has 0 aliphatic rings. The Hall–Kier alpha value is -3.01. The fraction of sp³-hybridized carbons (Fsp3) is 0. The van der Waals surface area contributed by atoms with Crippen LogP contribution in [-0.4, -0.2) is 10.2 Å². The van der Waals surface area contributed by atoms with E-state index in [9.17, 15) is 15.0 Å². The van der Waals surface area contributed by atoms with E-state index in [0.29, 0.717) is 16.7 Å². The van der Waals surface area contributed by atoms with Gasteiger partial charge in [0.05, 0.1) is 5.39 Å². The molecule has 0 spiro atoms. The molecule has 0 saturated heterocycles. The SMILES string of the molecule is O=c1cc(/C=C/c2ccc(O)cc2)oc2cc(O)ccc12. The fourth-order valence-corrected chi connectivity index (χ4v) is 2.01. The highest BCUT2D eigenvalue weighted by Crippen LogP contribution is 2.19. The molecule has 0 unspecified atom stereocenters. The van der Waals surface area contributed by atoms with Crippen LogP contribution in [0.1, 0.15) is 11.3 Å². The summed E-state index contributed by atoms with van der Waals surface area (Å²) < 4.78 is 5.57. The fourth-order valence-electron chi connectivity index (χ4n) is 2.01. The van der Waals surface area contributed by atoms with Gasteiger partial charge in [-0.1, -0.05) is 18.2 Å². The standard InChI is InChI=1S/C17H12O4/c18-12-4-1-11(2-5-12)3-7-14-10-16(20)15-8-6-13(19)9-17(15)21-14/h1-10,18-19H/b7-3+. The minimum Gasteiger partial charge on any atom is -0.508 e. The van der Waals surface area contributed by atoms with Crippen LogP contribution in [0.5, 0.6) is 11.5 Å². The van der Waals surface area contributed by atoms with E-state index in [2.05, 4.69) is 0 Å². The number of hydrogen-bond donors (Lipinski definition) is 2. The van der Waals surface area contributed by atoms with Gasteiger partial charge in [-0.25, -0.2) is 0 Å². The first kappa shape index (κ1) is 13.0. The summed E-state index contributed by atoms with van der Waals surface area (Å²) in [4.78, 5) is 12.0. The maximum Gasteiger partial charge on any atom is 0.193 e. The van der Waals surface area contributed by atoms with E-state index in [4.69, 9.17) is 4.42 Å². The second-order valence-electron chi connectivity index (χ2n) is 4.62. The summed E-state index contributed by atoms with van der Waals surface area (Å²) in [5.41, 5.74) is 1.04. The zero-order valence-corrected chi connectivity index (χ0v) is 11.0. The maximum atomic E-state index is 12.0. The number of hydrogen-bond acceptors (Lipinski definition) is 4. The molecule has 0 saturated carbocycles. The third-order valence-corrected chi connectivity index (χ3v) is 3.06. The lowest BCUT2D eigenvalue weighted by atomic mass is 10.1. The molecule has 0 atom stereocenters. The predicted octanol–water partition coefficient (Wildman–Crippen LogP) is 3.37. The first-order valence-electron chi connectivity index (χ1n) is 6.36. The van der Waals surface area contributed by atoms with Crippen LogP contribution < -0.4 is 5.43 Å². The van der Waals surface area contributed by atoms with E-state index in [-0.39, 0.29) is 16.9 Å². The maximum absolute atomic E-state index is 12.0. The molecule has 104 valence electrons. The molecule has 3 aromatic rings. The molecule has 0 fully saturated rings. The first-order chi connectivity index (χ1) is 10.1. The third-order valence-electron chi connectivity index (χ3n) is 3.06. The molecule has 1 aromatic heterocycles. The molecule has 0 aliphatic carbocycles. The molecule has 0 aliphatic heterocycles. The quantitative estimate of drug-likeness (QED) is 0.755. The first-order valence-corrected chi connectivity index (χ1v) is 6.36. The molecule has 0 radical (unpaired) electrons. The van der Waals surface area contributed by atoms with Gasteiger partial charge in [0, 0.05) is 12.1 Å². The van der Waals surface area contributed by atoms with Crippen molar-refractivity contribution in [3.8, 4) is 11.5 Å². The van der Waals surface area contributed by atoms with Crippen LogP contribution in [0.25, 0.3) is 23.1 Å². The van der Waals surface area contributed by atoms with Crippen molar-refractivity contribution >= 4 is 23.1 Å². The number of phenolic OH excluding ortho intramolecular Hbond substituents is 2. The Morgan fingerprint density at radius 3 is 2.33 bits per heavy atom. The number of benzene rings is 2. The molecule has 2 aromatic carbocycles. The molecule has 4 nitrogen and oxygen atoms in total. The Morgan fingerprint density at radius 2 is 1.57 bits per heavy atom. The summed E-state index contributed by atoms with van der Waals surface area (Å²) in [5, 5.41) is 19.1. The average molecular weight is 280 g/mol. The van der Waals surface area contributed by atoms with Crippen molar-refractivity contribution < 1.29 is 14.6 Å². The van der Waals surface area contributed by atoms with Crippen molar-refractivity contribution in [3.63, 3.8) is 0 Å². The second-order valence-corrected chi connectivity index (χ2v) is 4.62. The monoisotopic (exact) mass is 280 g/mol. The summed E-state index contributed by atoms with van der Waals surface area (Å²) in [6.07, 6.45) is 3.43. The Morgan fingerprint density at radius 1 is 0.857 bits per heavy atom. The zero-order valence-electron chi connectivity index (χ0n) is 11.0. The molecule has 0 bridgehead atoms. The molecule has 1 heterocycles. The van der Waals surface area contributed by atoms with Crippen molar-refractivity contribution in [2.24, 2.45) is 0 Å². The lowest BCUT2D eigenvalue weighted by Gasteiger charge is -2.00. The molecule has 4 heteroatoms. The van der Waals surface area contributed by atoms with E-state index in [1.54, 1.807) is 36.4 Å². The minimum atomic E-state index is -0.165. The highest BCUT2D eigenvalue weighted by atomic mass is 16.3. The van der Waals surface area contributed by atoms with Crippen molar-refractivity contribution in [1.82, 2.24) is 0 Å². The molecule has 21 heavy (non-hydrogen) atoms. The summed E-state index contributed by atoms with van der Waals surface area (Å²) in [6.45, 7) is 0. The molecule has 0 amide bonds. The van der Waals surface area contributed by atoms with Gasteiger partial charge in [-0.2, -0.15) is 0 Å². The minimum absolute atomic E-state index is 0.0466.